The minimum Gasteiger partial charge on any atom is -0.347 e. The first-order valence-electron chi connectivity index (χ1n) is 7.50. The summed E-state index contributed by atoms with van der Waals surface area (Å²) in [5.41, 5.74) is 9.22. The van der Waals surface area contributed by atoms with E-state index in [1.54, 1.807) is 5.69 Å². The molecule has 4 aliphatic rings. The minimum atomic E-state index is 0.288. The number of hydrogen-bond acceptors (Lipinski definition) is 2. The third kappa shape index (κ3) is 1.57. The predicted octanol–water partition coefficient (Wildman–Crippen LogP) is 2.09. The predicted molar refractivity (Wildman–Crippen MR) is 72.5 cm³/mol. The number of aromatic nitrogens is 1. The lowest BCUT2D eigenvalue weighted by atomic mass is 9.83. The van der Waals surface area contributed by atoms with Crippen LogP contribution in [0, 0.1) is 5.92 Å². The van der Waals surface area contributed by atoms with Crippen LogP contribution < -0.4 is 5.73 Å². The van der Waals surface area contributed by atoms with Crippen LogP contribution in [0.25, 0.3) is 0 Å². The van der Waals surface area contributed by atoms with Crippen molar-refractivity contribution in [2.24, 2.45) is 11.7 Å². The molecule has 2 N–H and O–H groups in total. The molecule has 3 heteroatoms. The average molecular weight is 245 g/mol. The maximum atomic E-state index is 6.24. The second-order valence-corrected chi connectivity index (χ2v) is 6.33. The SMILES string of the molecule is NC1CCCc2c1ccn2C1CN2CCC1CC2. The molecule has 0 radical (unpaired) electrons. The monoisotopic (exact) mass is 245 g/mol. The molecule has 0 spiro atoms. The molecule has 2 bridgehead atoms. The van der Waals surface area contributed by atoms with Crippen LogP contribution in [0.5, 0.6) is 0 Å². The van der Waals surface area contributed by atoms with Crippen molar-refractivity contribution in [1.29, 1.82) is 0 Å². The molecule has 3 saturated heterocycles. The van der Waals surface area contributed by atoms with Crippen molar-refractivity contribution in [3.8, 4) is 0 Å². The lowest BCUT2D eigenvalue weighted by molar-refractivity contribution is 0.0557. The van der Waals surface area contributed by atoms with Crippen LogP contribution in [0.4, 0.5) is 0 Å². The van der Waals surface area contributed by atoms with Crippen molar-refractivity contribution >= 4 is 0 Å². The first-order chi connectivity index (χ1) is 8.83. The Bertz CT molecular complexity index is 443. The summed E-state index contributed by atoms with van der Waals surface area (Å²) in [6.45, 7) is 3.91. The standard InChI is InChI=1S/C15H23N3/c16-13-2-1-3-14-12(13)6-9-18(14)15-10-17-7-4-11(15)5-8-17/h6,9,11,13,15H,1-5,7-8,10,16H2. The highest BCUT2D eigenvalue weighted by molar-refractivity contribution is 5.29. The van der Waals surface area contributed by atoms with Crippen LogP contribution in [-0.2, 0) is 6.42 Å². The maximum absolute atomic E-state index is 6.24. The van der Waals surface area contributed by atoms with Gasteiger partial charge in [0, 0.05) is 30.5 Å². The minimum absolute atomic E-state index is 0.288. The second-order valence-electron chi connectivity index (χ2n) is 6.33. The molecule has 0 amide bonds. The van der Waals surface area contributed by atoms with Crippen LogP contribution in [-0.4, -0.2) is 29.1 Å². The lowest BCUT2D eigenvalue weighted by Gasteiger charge is -2.46. The Balaban J connectivity index is 1.69. The van der Waals surface area contributed by atoms with E-state index >= 15 is 0 Å². The smallest absolute Gasteiger partial charge is 0.0489 e. The molecule has 5 rings (SSSR count). The first-order valence-corrected chi connectivity index (χ1v) is 7.50. The molecule has 2 atom stereocenters. The topological polar surface area (TPSA) is 34.2 Å². The Hall–Kier alpha value is -0.800. The molecule has 0 aromatic carbocycles. The van der Waals surface area contributed by atoms with Crippen molar-refractivity contribution in [2.75, 3.05) is 19.6 Å². The van der Waals surface area contributed by atoms with Gasteiger partial charge in [-0.25, -0.2) is 0 Å². The van der Waals surface area contributed by atoms with Gasteiger partial charge in [0.25, 0.3) is 0 Å². The number of rotatable bonds is 1. The van der Waals surface area contributed by atoms with Crippen LogP contribution in [0.3, 0.4) is 0 Å². The summed E-state index contributed by atoms with van der Waals surface area (Å²) in [7, 11) is 0. The van der Waals surface area contributed by atoms with E-state index in [0.717, 1.165) is 18.4 Å². The third-order valence-corrected chi connectivity index (χ3v) is 5.37. The molecule has 18 heavy (non-hydrogen) atoms. The van der Waals surface area contributed by atoms with E-state index < -0.39 is 0 Å². The van der Waals surface area contributed by atoms with Gasteiger partial charge in [-0.2, -0.15) is 0 Å². The first kappa shape index (κ1) is 11.1. The summed E-state index contributed by atoms with van der Waals surface area (Å²) in [6.07, 6.45) is 8.77. The van der Waals surface area contributed by atoms with E-state index in [4.69, 9.17) is 5.73 Å². The number of nitrogens with two attached hydrogens (primary N) is 1. The fraction of sp³-hybridized carbons (Fsp3) is 0.733. The van der Waals surface area contributed by atoms with Gasteiger partial charge in [0.1, 0.15) is 0 Å². The van der Waals surface area contributed by atoms with E-state index in [9.17, 15) is 0 Å². The Kier molecular flexibility index (Phi) is 2.52. The zero-order valence-electron chi connectivity index (χ0n) is 11.0. The van der Waals surface area contributed by atoms with Gasteiger partial charge >= 0.3 is 0 Å². The molecule has 3 fully saturated rings. The molecule has 3 aliphatic heterocycles. The second kappa shape index (κ2) is 4.10. The molecule has 3 nitrogen and oxygen atoms in total. The molecular formula is C15H23N3. The highest BCUT2D eigenvalue weighted by atomic mass is 15.2. The largest absolute Gasteiger partial charge is 0.347 e. The molecule has 98 valence electrons. The van der Waals surface area contributed by atoms with Gasteiger partial charge < -0.3 is 15.2 Å². The van der Waals surface area contributed by atoms with Gasteiger partial charge in [-0.15, -0.1) is 0 Å². The molecule has 2 unspecified atom stereocenters. The van der Waals surface area contributed by atoms with E-state index in [1.807, 2.05) is 0 Å². The van der Waals surface area contributed by atoms with Gasteiger partial charge in [-0.3, -0.25) is 0 Å². The zero-order chi connectivity index (χ0) is 12.1. The Morgan fingerprint density at radius 2 is 2.00 bits per heavy atom. The Morgan fingerprint density at radius 1 is 1.17 bits per heavy atom. The van der Waals surface area contributed by atoms with Crippen LogP contribution in [0.2, 0.25) is 0 Å². The fourth-order valence-electron chi connectivity index (χ4n) is 4.31. The van der Waals surface area contributed by atoms with Gasteiger partial charge in [0.05, 0.1) is 0 Å². The van der Waals surface area contributed by atoms with Crippen molar-refractivity contribution in [3.63, 3.8) is 0 Å². The summed E-state index contributed by atoms with van der Waals surface area (Å²) >= 11 is 0. The van der Waals surface area contributed by atoms with E-state index in [2.05, 4.69) is 21.7 Å². The molecule has 1 aromatic rings. The summed E-state index contributed by atoms with van der Waals surface area (Å²) < 4.78 is 2.59. The quantitative estimate of drug-likeness (QED) is 0.822. The van der Waals surface area contributed by atoms with Gasteiger partial charge in [0.2, 0.25) is 0 Å². The lowest BCUT2D eigenvalue weighted by Crippen LogP contribution is -2.48. The maximum Gasteiger partial charge on any atom is 0.0489 e. The highest BCUT2D eigenvalue weighted by Gasteiger charge is 2.36. The third-order valence-electron chi connectivity index (χ3n) is 5.37. The number of nitrogens with zero attached hydrogens (tertiary/aromatic N) is 2. The van der Waals surface area contributed by atoms with Crippen molar-refractivity contribution in [2.45, 2.75) is 44.2 Å². The van der Waals surface area contributed by atoms with Gasteiger partial charge in [-0.1, -0.05) is 0 Å². The van der Waals surface area contributed by atoms with E-state index in [-0.39, 0.29) is 6.04 Å². The normalized spacial score (nSPS) is 38.7. The van der Waals surface area contributed by atoms with E-state index in [1.165, 1.54) is 50.9 Å². The Labute approximate surface area is 109 Å². The molecule has 1 aliphatic carbocycles. The summed E-state index contributed by atoms with van der Waals surface area (Å²) in [4.78, 5) is 2.64. The van der Waals surface area contributed by atoms with Crippen LogP contribution in [0.1, 0.15) is 49.0 Å². The summed E-state index contributed by atoms with van der Waals surface area (Å²) in [6, 6.07) is 3.30. The number of piperidine rings is 3. The summed E-state index contributed by atoms with van der Waals surface area (Å²) in [5.74, 6) is 0.907. The van der Waals surface area contributed by atoms with Gasteiger partial charge in [0.15, 0.2) is 0 Å². The van der Waals surface area contributed by atoms with E-state index in [0.29, 0.717) is 0 Å². The Morgan fingerprint density at radius 3 is 2.72 bits per heavy atom. The van der Waals surface area contributed by atoms with Crippen molar-refractivity contribution in [1.82, 2.24) is 9.47 Å². The number of hydrogen-bond donors (Lipinski definition) is 1. The average Bonchev–Trinajstić information content (AvgIpc) is 2.85. The molecule has 0 saturated carbocycles. The molecule has 1 aromatic heterocycles. The zero-order valence-corrected chi connectivity index (χ0v) is 11.0. The highest BCUT2D eigenvalue weighted by Crippen LogP contribution is 2.39. The van der Waals surface area contributed by atoms with Crippen molar-refractivity contribution in [3.05, 3.63) is 23.5 Å². The van der Waals surface area contributed by atoms with Crippen LogP contribution >= 0.6 is 0 Å². The molecular weight excluding hydrogens is 222 g/mol. The summed E-state index contributed by atoms with van der Waals surface area (Å²) in [5, 5.41) is 0. The number of fused-ring (bicyclic) bond motifs is 4. The molecule has 4 heterocycles. The van der Waals surface area contributed by atoms with Gasteiger partial charge in [-0.05, 0) is 62.7 Å². The fourth-order valence-corrected chi connectivity index (χ4v) is 4.31. The van der Waals surface area contributed by atoms with Crippen molar-refractivity contribution < 1.29 is 0 Å². The van der Waals surface area contributed by atoms with Crippen LogP contribution in [0.15, 0.2) is 12.3 Å².